The third kappa shape index (κ3) is 3.70. The fourth-order valence-electron chi connectivity index (χ4n) is 4.01. The fourth-order valence-corrected chi connectivity index (χ4v) is 4.01. The molecule has 4 nitrogen and oxygen atoms in total. The highest BCUT2D eigenvalue weighted by atomic mass is 16.4. The summed E-state index contributed by atoms with van der Waals surface area (Å²) in [5.74, 6) is 0. The van der Waals surface area contributed by atoms with Crippen molar-refractivity contribution in [1.29, 1.82) is 0 Å². The standard InChI is InChI=1S/C20H27NO3/c1-13-7-14(2)19-17(8-13)15(9-18(23)24-19)11-21-6-5-16(22)10-20(3,4)12-21/h7-9,16,22H,5-6,10-12H2,1-4H3. The summed E-state index contributed by atoms with van der Waals surface area (Å²) >= 11 is 0. The van der Waals surface area contributed by atoms with Gasteiger partial charge in [-0.2, -0.15) is 0 Å². The summed E-state index contributed by atoms with van der Waals surface area (Å²) in [5.41, 5.74) is 3.64. The lowest BCUT2D eigenvalue weighted by Crippen LogP contribution is -2.32. The molecule has 4 heteroatoms. The number of aryl methyl sites for hydroxylation is 2. The number of aliphatic hydroxyl groups is 1. The largest absolute Gasteiger partial charge is 0.422 e. The predicted octanol–water partition coefficient (Wildman–Crippen LogP) is 3.39. The minimum absolute atomic E-state index is 0.0665. The fraction of sp³-hybridized carbons (Fsp3) is 0.550. The summed E-state index contributed by atoms with van der Waals surface area (Å²) in [6.07, 6.45) is 1.35. The smallest absolute Gasteiger partial charge is 0.336 e. The van der Waals surface area contributed by atoms with Crippen LogP contribution in [0.1, 0.15) is 43.4 Å². The van der Waals surface area contributed by atoms with Crippen molar-refractivity contribution in [2.75, 3.05) is 13.1 Å². The molecule has 0 amide bonds. The van der Waals surface area contributed by atoms with Gasteiger partial charge in [-0.25, -0.2) is 4.79 Å². The van der Waals surface area contributed by atoms with Gasteiger partial charge in [0.25, 0.3) is 0 Å². The molecular weight excluding hydrogens is 302 g/mol. The molecular formula is C20H27NO3. The van der Waals surface area contributed by atoms with Crippen molar-refractivity contribution in [2.45, 2.75) is 53.2 Å². The summed E-state index contributed by atoms with van der Waals surface area (Å²) < 4.78 is 5.45. The first-order valence-corrected chi connectivity index (χ1v) is 8.68. The van der Waals surface area contributed by atoms with Crippen LogP contribution in [0.15, 0.2) is 27.4 Å². The molecule has 1 saturated heterocycles. The van der Waals surface area contributed by atoms with E-state index in [1.807, 2.05) is 13.0 Å². The number of rotatable bonds is 2. The SMILES string of the molecule is Cc1cc(C)c2oc(=O)cc(CN3CCC(O)CC(C)(C)C3)c2c1. The Labute approximate surface area is 143 Å². The molecule has 0 bridgehead atoms. The van der Waals surface area contributed by atoms with E-state index in [1.165, 1.54) is 5.56 Å². The number of aliphatic hydroxyl groups excluding tert-OH is 1. The summed E-state index contributed by atoms with van der Waals surface area (Å²) in [4.78, 5) is 14.4. The van der Waals surface area contributed by atoms with Gasteiger partial charge in [-0.1, -0.05) is 19.9 Å². The second-order valence-electron chi connectivity index (χ2n) is 8.07. The minimum atomic E-state index is -0.293. The third-order valence-electron chi connectivity index (χ3n) is 4.87. The van der Waals surface area contributed by atoms with E-state index in [1.54, 1.807) is 6.07 Å². The maximum Gasteiger partial charge on any atom is 0.336 e. The van der Waals surface area contributed by atoms with Gasteiger partial charge in [0, 0.05) is 31.1 Å². The molecule has 0 aliphatic carbocycles. The van der Waals surface area contributed by atoms with Gasteiger partial charge in [0.1, 0.15) is 5.58 Å². The van der Waals surface area contributed by atoms with Crippen LogP contribution < -0.4 is 5.63 Å². The Morgan fingerprint density at radius 2 is 2.04 bits per heavy atom. The van der Waals surface area contributed by atoms with E-state index in [4.69, 9.17) is 4.42 Å². The average Bonchev–Trinajstić information content (AvgIpc) is 2.57. The van der Waals surface area contributed by atoms with Crippen LogP contribution in [0.2, 0.25) is 0 Å². The van der Waals surface area contributed by atoms with Gasteiger partial charge >= 0.3 is 5.63 Å². The van der Waals surface area contributed by atoms with E-state index in [0.29, 0.717) is 12.1 Å². The first kappa shape index (κ1) is 17.2. The number of hydrogen-bond acceptors (Lipinski definition) is 4. The van der Waals surface area contributed by atoms with Crippen LogP contribution >= 0.6 is 0 Å². The minimum Gasteiger partial charge on any atom is -0.422 e. The molecule has 24 heavy (non-hydrogen) atoms. The van der Waals surface area contributed by atoms with Gasteiger partial charge in [0.15, 0.2) is 0 Å². The Morgan fingerprint density at radius 3 is 2.79 bits per heavy atom. The molecule has 0 spiro atoms. The molecule has 1 aliphatic rings. The number of fused-ring (bicyclic) bond motifs is 1. The summed E-state index contributed by atoms with van der Waals surface area (Å²) in [7, 11) is 0. The van der Waals surface area contributed by atoms with E-state index >= 15 is 0 Å². The van der Waals surface area contributed by atoms with Crippen molar-refractivity contribution >= 4 is 11.0 Å². The number of benzene rings is 1. The summed E-state index contributed by atoms with van der Waals surface area (Å²) in [6, 6.07) is 5.76. The molecule has 1 fully saturated rings. The lowest BCUT2D eigenvalue weighted by molar-refractivity contribution is 0.121. The van der Waals surface area contributed by atoms with Gasteiger partial charge in [-0.15, -0.1) is 0 Å². The molecule has 1 N–H and O–H groups in total. The topological polar surface area (TPSA) is 53.7 Å². The van der Waals surface area contributed by atoms with Crippen LogP contribution in [-0.2, 0) is 6.54 Å². The van der Waals surface area contributed by atoms with Crippen LogP contribution in [0.4, 0.5) is 0 Å². The average molecular weight is 329 g/mol. The maximum atomic E-state index is 12.0. The van der Waals surface area contributed by atoms with Crippen LogP contribution in [0.3, 0.4) is 0 Å². The zero-order chi connectivity index (χ0) is 17.5. The lowest BCUT2D eigenvalue weighted by Gasteiger charge is -2.30. The summed E-state index contributed by atoms with van der Waals surface area (Å²) in [5, 5.41) is 11.1. The molecule has 3 rings (SSSR count). The molecule has 1 unspecified atom stereocenters. The Hall–Kier alpha value is -1.65. The van der Waals surface area contributed by atoms with Crippen molar-refractivity contribution in [1.82, 2.24) is 4.90 Å². The number of hydrogen-bond donors (Lipinski definition) is 1. The lowest BCUT2D eigenvalue weighted by atomic mass is 9.87. The van der Waals surface area contributed by atoms with Crippen molar-refractivity contribution in [3.05, 3.63) is 45.3 Å². The normalized spacial score (nSPS) is 21.8. The Balaban J connectivity index is 1.99. The molecule has 1 aromatic carbocycles. The van der Waals surface area contributed by atoms with Crippen LogP contribution in [0.5, 0.6) is 0 Å². The van der Waals surface area contributed by atoms with E-state index in [2.05, 4.69) is 31.7 Å². The van der Waals surface area contributed by atoms with Crippen molar-refractivity contribution < 1.29 is 9.52 Å². The quantitative estimate of drug-likeness (QED) is 0.858. The van der Waals surface area contributed by atoms with E-state index in [-0.39, 0.29) is 17.1 Å². The van der Waals surface area contributed by atoms with Crippen LogP contribution in [0.25, 0.3) is 11.0 Å². The Bertz CT molecular complexity index is 806. The van der Waals surface area contributed by atoms with Crippen molar-refractivity contribution in [3.8, 4) is 0 Å². The third-order valence-corrected chi connectivity index (χ3v) is 4.87. The molecule has 130 valence electrons. The maximum absolute atomic E-state index is 12.0. The molecule has 0 radical (unpaired) electrons. The second kappa shape index (κ2) is 6.34. The van der Waals surface area contributed by atoms with E-state index in [9.17, 15) is 9.90 Å². The molecule has 1 aromatic heterocycles. The summed E-state index contributed by atoms with van der Waals surface area (Å²) in [6.45, 7) is 10.9. The molecule has 2 heterocycles. The predicted molar refractivity (Wildman–Crippen MR) is 96.3 cm³/mol. The van der Waals surface area contributed by atoms with Crippen molar-refractivity contribution in [3.63, 3.8) is 0 Å². The van der Waals surface area contributed by atoms with Gasteiger partial charge < -0.3 is 9.52 Å². The highest BCUT2D eigenvalue weighted by Crippen LogP contribution is 2.30. The van der Waals surface area contributed by atoms with Crippen molar-refractivity contribution in [2.24, 2.45) is 5.41 Å². The zero-order valence-electron chi connectivity index (χ0n) is 15.1. The zero-order valence-corrected chi connectivity index (χ0v) is 15.1. The number of likely N-dealkylation sites (tertiary alicyclic amines) is 1. The number of nitrogens with zero attached hydrogens (tertiary/aromatic N) is 1. The molecule has 1 aliphatic heterocycles. The van der Waals surface area contributed by atoms with Gasteiger partial charge in [-0.05, 0) is 54.9 Å². The molecule has 1 atom stereocenters. The van der Waals surface area contributed by atoms with E-state index < -0.39 is 0 Å². The second-order valence-corrected chi connectivity index (χ2v) is 8.07. The first-order valence-electron chi connectivity index (χ1n) is 8.68. The van der Waals surface area contributed by atoms with E-state index in [0.717, 1.165) is 42.4 Å². The highest BCUT2D eigenvalue weighted by Gasteiger charge is 2.29. The van der Waals surface area contributed by atoms with Crippen LogP contribution in [0, 0.1) is 19.3 Å². The van der Waals surface area contributed by atoms with Gasteiger partial charge in [0.2, 0.25) is 0 Å². The molecule has 2 aromatic rings. The first-order chi connectivity index (χ1) is 11.2. The Kier molecular flexibility index (Phi) is 4.54. The van der Waals surface area contributed by atoms with Crippen LogP contribution in [-0.4, -0.2) is 29.2 Å². The Morgan fingerprint density at radius 1 is 1.29 bits per heavy atom. The van der Waals surface area contributed by atoms with Gasteiger partial charge in [-0.3, -0.25) is 4.90 Å². The molecule has 0 saturated carbocycles. The van der Waals surface area contributed by atoms with Gasteiger partial charge in [0.05, 0.1) is 6.10 Å². The monoisotopic (exact) mass is 329 g/mol. The highest BCUT2D eigenvalue weighted by molar-refractivity contribution is 5.83.